The standard InChI is InChI=1S/C34H34FN3O6/c1-41-29-20-24-26(21-30(29)43-18-6-12-33(42-2)13-14-33)36-17-11-27(24)44-28-10-9-23(19-25(28)35)38-32(40)34(15-16-34)31(39)37-22-7-4-3-5-8-22/h3-5,7-11,17,19-21H,6,12-16,18H2,1-2H3,(H,37,39)(H,38,40). The van der Waals surface area contributed by atoms with Gasteiger partial charge in [-0.1, -0.05) is 18.2 Å². The van der Waals surface area contributed by atoms with Gasteiger partial charge in [-0.2, -0.15) is 0 Å². The Morgan fingerprint density at radius 3 is 2.25 bits per heavy atom. The molecular weight excluding hydrogens is 565 g/mol. The van der Waals surface area contributed by atoms with Gasteiger partial charge in [-0.15, -0.1) is 0 Å². The monoisotopic (exact) mass is 599 g/mol. The molecule has 9 nitrogen and oxygen atoms in total. The third-order valence-electron chi connectivity index (χ3n) is 8.32. The van der Waals surface area contributed by atoms with Gasteiger partial charge in [0.1, 0.15) is 11.2 Å². The van der Waals surface area contributed by atoms with Crippen LogP contribution < -0.4 is 24.8 Å². The fourth-order valence-electron chi connectivity index (χ4n) is 5.25. The molecule has 2 N–H and O–H groups in total. The van der Waals surface area contributed by atoms with Gasteiger partial charge in [-0.25, -0.2) is 4.39 Å². The first kappa shape index (κ1) is 29.4. The molecule has 0 radical (unpaired) electrons. The second-order valence-corrected chi connectivity index (χ2v) is 11.3. The number of carbonyl (C=O) groups excluding carboxylic acids is 2. The average molecular weight is 600 g/mol. The lowest BCUT2D eigenvalue weighted by Crippen LogP contribution is -2.35. The van der Waals surface area contributed by atoms with E-state index in [1.807, 2.05) is 6.07 Å². The number of rotatable bonds is 13. The summed E-state index contributed by atoms with van der Waals surface area (Å²) in [4.78, 5) is 30.3. The normalized spacial score (nSPS) is 15.7. The van der Waals surface area contributed by atoms with Gasteiger partial charge in [0.2, 0.25) is 11.8 Å². The Bertz CT molecular complexity index is 1690. The summed E-state index contributed by atoms with van der Waals surface area (Å²) >= 11 is 0. The Hall–Kier alpha value is -4.70. The second kappa shape index (κ2) is 12.1. The molecule has 44 heavy (non-hydrogen) atoms. The lowest BCUT2D eigenvalue weighted by molar-refractivity contribution is -0.131. The van der Waals surface area contributed by atoms with E-state index in [9.17, 15) is 9.59 Å². The lowest BCUT2D eigenvalue weighted by Gasteiger charge is -2.17. The summed E-state index contributed by atoms with van der Waals surface area (Å²) in [5.41, 5.74) is 0.268. The van der Waals surface area contributed by atoms with Crippen LogP contribution in [0, 0.1) is 11.2 Å². The van der Waals surface area contributed by atoms with E-state index in [-0.39, 0.29) is 22.9 Å². The van der Waals surface area contributed by atoms with Gasteiger partial charge in [0.25, 0.3) is 0 Å². The van der Waals surface area contributed by atoms with Crippen molar-refractivity contribution < 1.29 is 32.9 Å². The first-order valence-corrected chi connectivity index (χ1v) is 14.6. The first-order chi connectivity index (χ1) is 21.3. The molecule has 4 aromatic rings. The number of benzene rings is 3. The van der Waals surface area contributed by atoms with Gasteiger partial charge in [0, 0.05) is 42.2 Å². The van der Waals surface area contributed by atoms with Gasteiger partial charge in [-0.05, 0) is 74.9 Å². The largest absolute Gasteiger partial charge is 0.493 e. The molecule has 0 bridgehead atoms. The fourth-order valence-corrected chi connectivity index (χ4v) is 5.25. The molecule has 10 heteroatoms. The van der Waals surface area contributed by atoms with Crippen LogP contribution in [0.5, 0.6) is 23.0 Å². The van der Waals surface area contributed by atoms with Crippen molar-refractivity contribution in [3.05, 3.63) is 78.7 Å². The molecule has 2 aliphatic rings. The van der Waals surface area contributed by atoms with E-state index in [2.05, 4.69) is 15.6 Å². The predicted molar refractivity (Wildman–Crippen MR) is 164 cm³/mol. The van der Waals surface area contributed by atoms with Crippen molar-refractivity contribution in [3.8, 4) is 23.0 Å². The van der Waals surface area contributed by atoms with Crippen LogP contribution in [0.15, 0.2) is 72.9 Å². The van der Waals surface area contributed by atoms with Gasteiger partial charge >= 0.3 is 0 Å². The molecule has 2 aliphatic carbocycles. The zero-order valence-electron chi connectivity index (χ0n) is 24.7. The molecule has 0 aliphatic heterocycles. The van der Waals surface area contributed by atoms with Crippen LogP contribution in [0.25, 0.3) is 10.9 Å². The number of halogens is 1. The zero-order chi connectivity index (χ0) is 30.7. The smallest absolute Gasteiger partial charge is 0.240 e. The van der Waals surface area contributed by atoms with E-state index in [4.69, 9.17) is 18.9 Å². The van der Waals surface area contributed by atoms with Crippen molar-refractivity contribution in [3.63, 3.8) is 0 Å². The molecule has 3 aromatic carbocycles. The van der Waals surface area contributed by atoms with Crippen LogP contribution in [0.2, 0.25) is 0 Å². The highest BCUT2D eigenvalue weighted by molar-refractivity contribution is 6.16. The summed E-state index contributed by atoms with van der Waals surface area (Å²) in [6, 6.07) is 18.3. The van der Waals surface area contributed by atoms with Crippen molar-refractivity contribution in [2.24, 2.45) is 5.41 Å². The number of fused-ring (bicyclic) bond motifs is 1. The molecular formula is C34H34FN3O6. The maximum atomic E-state index is 15.2. The fraction of sp³-hybridized carbons (Fsp3) is 0.324. The summed E-state index contributed by atoms with van der Waals surface area (Å²) in [5.74, 6) is -0.132. The third-order valence-corrected chi connectivity index (χ3v) is 8.32. The first-order valence-electron chi connectivity index (χ1n) is 14.6. The van der Waals surface area contributed by atoms with E-state index in [1.54, 1.807) is 62.9 Å². The summed E-state index contributed by atoms with van der Waals surface area (Å²) in [6.45, 7) is 0.510. The van der Waals surface area contributed by atoms with Gasteiger partial charge < -0.3 is 29.6 Å². The predicted octanol–water partition coefficient (Wildman–Crippen LogP) is 6.87. The van der Waals surface area contributed by atoms with E-state index >= 15 is 4.39 Å². The number of aromatic nitrogens is 1. The van der Waals surface area contributed by atoms with Crippen molar-refractivity contribution in [1.29, 1.82) is 0 Å². The Balaban J connectivity index is 1.12. The van der Waals surface area contributed by atoms with Crippen LogP contribution in [0.3, 0.4) is 0 Å². The maximum absolute atomic E-state index is 15.2. The van der Waals surface area contributed by atoms with Crippen LogP contribution in [0.1, 0.15) is 38.5 Å². The molecule has 0 saturated heterocycles. The lowest BCUT2D eigenvalue weighted by atomic mass is 10.0. The zero-order valence-corrected chi connectivity index (χ0v) is 24.7. The number of ether oxygens (including phenoxy) is 4. The molecule has 6 rings (SSSR count). The number of para-hydroxylation sites is 1. The van der Waals surface area contributed by atoms with E-state index in [1.165, 1.54) is 18.2 Å². The minimum absolute atomic E-state index is 0.0160. The van der Waals surface area contributed by atoms with Crippen molar-refractivity contribution >= 4 is 34.1 Å². The molecule has 228 valence electrons. The van der Waals surface area contributed by atoms with Crippen molar-refractivity contribution in [2.45, 2.75) is 44.1 Å². The molecule has 2 amide bonds. The third kappa shape index (κ3) is 6.16. The number of methoxy groups -OCH3 is 2. The summed E-state index contributed by atoms with van der Waals surface area (Å²) in [6.07, 6.45) is 6.37. The summed E-state index contributed by atoms with van der Waals surface area (Å²) in [7, 11) is 3.31. The number of nitrogens with one attached hydrogen (secondary N) is 2. The van der Waals surface area contributed by atoms with Crippen LogP contribution in [0.4, 0.5) is 15.8 Å². The highest BCUT2D eigenvalue weighted by Gasteiger charge is 2.56. The van der Waals surface area contributed by atoms with E-state index < -0.39 is 17.1 Å². The molecule has 0 spiro atoms. The van der Waals surface area contributed by atoms with Gasteiger partial charge in [-0.3, -0.25) is 14.6 Å². The Kier molecular flexibility index (Phi) is 8.09. The molecule has 0 unspecified atom stereocenters. The number of anilines is 2. The Morgan fingerprint density at radius 2 is 1.59 bits per heavy atom. The van der Waals surface area contributed by atoms with Crippen molar-refractivity contribution in [1.82, 2.24) is 4.98 Å². The van der Waals surface area contributed by atoms with Crippen LogP contribution >= 0.6 is 0 Å². The SMILES string of the molecule is COc1cc2c(Oc3ccc(NC(=O)C4(C(=O)Nc5ccccc5)CC4)cc3F)ccnc2cc1OCCCC1(OC)CC1. The number of amides is 2. The minimum Gasteiger partial charge on any atom is -0.493 e. The number of carbonyl (C=O) groups is 2. The highest BCUT2D eigenvalue weighted by Crippen LogP contribution is 2.48. The topological polar surface area (TPSA) is 108 Å². The average Bonchev–Trinajstić information content (AvgIpc) is 3.97. The van der Waals surface area contributed by atoms with E-state index in [0.29, 0.717) is 53.3 Å². The van der Waals surface area contributed by atoms with E-state index in [0.717, 1.165) is 25.7 Å². The molecule has 1 heterocycles. The molecule has 2 saturated carbocycles. The Labute approximate surface area is 254 Å². The molecule has 0 atom stereocenters. The van der Waals surface area contributed by atoms with Gasteiger partial charge in [0.15, 0.2) is 23.1 Å². The van der Waals surface area contributed by atoms with Crippen LogP contribution in [-0.4, -0.2) is 43.2 Å². The maximum Gasteiger partial charge on any atom is 0.240 e. The quantitative estimate of drug-likeness (QED) is 0.128. The Morgan fingerprint density at radius 1 is 0.841 bits per heavy atom. The number of hydrogen-bond donors (Lipinski definition) is 2. The highest BCUT2D eigenvalue weighted by atomic mass is 19.1. The number of pyridine rings is 1. The minimum atomic E-state index is -1.18. The molecule has 2 fully saturated rings. The molecule has 1 aromatic heterocycles. The van der Waals surface area contributed by atoms with Gasteiger partial charge in [0.05, 0.1) is 24.8 Å². The number of hydrogen-bond acceptors (Lipinski definition) is 7. The van der Waals surface area contributed by atoms with Crippen LogP contribution in [-0.2, 0) is 14.3 Å². The van der Waals surface area contributed by atoms with Crippen molar-refractivity contribution in [2.75, 3.05) is 31.5 Å². The number of nitrogens with zero attached hydrogens (tertiary/aromatic N) is 1. The summed E-state index contributed by atoms with van der Waals surface area (Å²) in [5, 5.41) is 6.09. The second-order valence-electron chi connectivity index (χ2n) is 11.3. The summed E-state index contributed by atoms with van der Waals surface area (Å²) < 4.78 is 38.3.